The van der Waals surface area contributed by atoms with Crippen LogP contribution < -0.4 is 0 Å². The molecule has 0 radical (unpaired) electrons. The Balaban J connectivity index is 0. The van der Waals surface area contributed by atoms with Gasteiger partial charge in [-0.1, -0.05) is 13.8 Å². The molecule has 82 valence electrons. The molecule has 0 aliphatic rings. The van der Waals surface area contributed by atoms with Gasteiger partial charge in [0.25, 0.3) is 0 Å². The average molecular weight is 209 g/mol. The van der Waals surface area contributed by atoms with Crippen LogP contribution in [0.1, 0.15) is 34.1 Å². The summed E-state index contributed by atoms with van der Waals surface area (Å²) in [4.78, 5) is 10.8. The van der Waals surface area contributed by atoms with Gasteiger partial charge in [-0.2, -0.15) is 18.4 Å². The van der Waals surface area contributed by atoms with Gasteiger partial charge in [0, 0.05) is 0 Å². The third kappa shape index (κ3) is 3.77. The molecule has 2 nitrogen and oxygen atoms in total. The van der Waals surface area contributed by atoms with E-state index in [1.807, 2.05) is 13.8 Å². The number of Topliss-reactive ketones (excluding diaryl/α,β-unsaturated/α-hetero) is 1. The van der Waals surface area contributed by atoms with E-state index in [-0.39, 0.29) is 0 Å². The highest BCUT2D eigenvalue weighted by Crippen LogP contribution is 2.38. The molecule has 0 unspecified atom stereocenters. The first kappa shape index (κ1) is 15.4. The second kappa shape index (κ2) is 5.63. The van der Waals surface area contributed by atoms with Crippen molar-refractivity contribution in [3.63, 3.8) is 0 Å². The molecule has 0 aliphatic heterocycles. The van der Waals surface area contributed by atoms with Crippen LogP contribution >= 0.6 is 0 Å². The molecule has 0 aromatic carbocycles. The minimum atomic E-state index is -4.58. The number of ketones is 1. The van der Waals surface area contributed by atoms with Crippen LogP contribution in [0.2, 0.25) is 0 Å². The fourth-order valence-corrected chi connectivity index (χ4v) is 0.451. The smallest absolute Gasteiger partial charge is 0.298 e. The van der Waals surface area contributed by atoms with Crippen molar-refractivity contribution in [2.75, 3.05) is 0 Å². The Kier molecular flexibility index (Phi) is 6.20. The van der Waals surface area contributed by atoms with E-state index in [1.165, 1.54) is 6.07 Å². The molecule has 0 rings (SSSR count). The van der Waals surface area contributed by atoms with Crippen LogP contribution in [-0.2, 0) is 4.79 Å². The van der Waals surface area contributed by atoms with Crippen LogP contribution in [0.4, 0.5) is 13.2 Å². The standard InChI is InChI=1S/C7H8F3NO.C2H6/c1-6(2,7(8,9)10)5(12)3-4-11;1-2/h3H2,1-2H3;1-2H3. The molecule has 0 fully saturated rings. The van der Waals surface area contributed by atoms with Crippen LogP contribution in [0.15, 0.2) is 0 Å². The van der Waals surface area contributed by atoms with Crippen molar-refractivity contribution in [1.29, 1.82) is 5.26 Å². The summed E-state index contributed by atoms with van der Waals surface area (Å²) < 4.78 is 36.2. The minimum absolute atomic E-state index is 0.702. The Morgan fingerprint density at radius 3 is 1.86 bits per heavy atom. The van der Waals surface area contributed by atoms with E-state index in [0.717, 1.165) is 13.8 Å². The Morgan fingerprint density at radius 1 is 1.29 bits per heavy atom. The maximum atomic E-state index is 12.1. The quantitative estimate of drug-likeness (QED) is 0.701. The van der Waals surface area contributed by atoms with Crippen molar-refractivity contribution in [1.82, 2.24) is 0 Å². The summed E-state index contributed by atoms with van der Waals surface area (Å²) in [5, 5.41) is 8.03. The number of hydrogen-bond donors (Lipinski definition) is 0. The summed E-state index contributed by atoms with van der Waals surface area (Å²) in [5.74, 6) is -1.10. The summed E-state index contributed by atoms with van der Waals surface area (Å²) in [6.07, 6.45) is -5.28. The number of rotatable bonds is 2. The lowest BCUT2D eigenvalue weighted by Crippen LogP contribution is -2.39. The SMILES string of the molecule is CC.CC(C)(C(=O)CC#N)C(F)(F)F. The van der Waals surface area contributed by atoms with E-state index in [0.29, 0.717) is 0 Å². The van der Waals surface area contributed by atoms with Crippen LogP contribution in [0.5, 0.6) is 0 Å². The van der Waals surface area contributed by atoms with Gasteiger partial charge in [-0.3, -0.25) is 4.79 Å². The van der Waals surface area contributed by atoms with E-state index in [2.05, 4.69) is 0 Å². The van der Waals surface area contributed by atoms with E-state index in [4.69, 9.17) is 5.26 Å². The van der Waals surface area contributed by atoms with Crippen LogP contribution in [-0.4, -0.2) is 12.0 Å². The van der Waals surface area contributed by atoms with Gasteiger partial charge in [0.2, 0.25) is 0 Å². The second-order valence-corrected chi connectivity index (χ2v) is 2.88. The highest BCUT2D eigenvalue weighted by atomic mass is 19.4. The van der Waals surface area contributed by atoms with Gasteiger partial charge < -0.3 is 0 Å². The first-order valence-electron chi connectivity index (χ1n) is 4.20. The normalized spacial score (nSPS) is 11.0. The minimum Gasteiger partial charge on any atom is -0.298 e. The molecule has 0 atom stereocenters. The first-order valence-corrected chi connectivity index (χ1v) is 4.20. The van der Waals surface area contributed by atoms with E-state index >= 15 is 0 Å². The number of carbonyl (C=O) groups excluding carboxylic acids is 1. The fourth-order valence-electron chi connectivity index (χ4n) is 0.451. The molecular formula is C9H14F3NO. The van der Waals surface area contributed by atoms with Gasteiger partial charge in [0.1, 0.15) is 5.41 Å². The number of nitrogens with zero attached hydrogens (tertiary/aromatic N) is 1. The average Bonchev–Trinajstić information content (AvgIpc) is 2.06. The van der Waals surface area contributed by atoms with E-state index in [1.54, 1.807) is 0 Å². The summed E-state index contributed by atoms with van der Waals surface area (Å²) >= 11 is 0. The lowest BCUT2D eigenvalue weighted by molar-refractivity contribution is -0.209. The lowest BCUT2D eigenvalue weighted by atomic mass is 9.86. The molecule has 0 aromatic rings. The lowest BCUT2D eigenvalue weighted by Gasteiger charge is -2.24. The third-order valence-corrected chi connectivity index (χ3v) is 1.65. The number of halogens is 3. The monoisotopic (exact) mass is 209 g/mol. The molecule has 0 saturated carbocycles. The number of carbonyl (C=O) groups is 1. The summed E-state index contributed by atoms with van der Waals surface area (Å²) in [7, 11) is 0. The zero-order chi connectivity index (χ0) is 12.0. The number of nitriles is 1. The highest BCUT2D eigenvalue weighted by molar-refractivity contribution is 5.86. The maximum absolute atomic E-state index is 12.1. The molecule has 0 aromatic heterocycles. The zero-order valence-electron chi connectivity index (χ0n) is 8.70. The molecule has 0 heterocycles. The zero-order valence-corrected chi connectivity index (χ0v) is 8.70. The predicted molar refractivity (Wildman–Crippen MR) is 46.4 cm³/mol. The molecule has 5 heteroatoms. The molecule has 0 bridgehead atoms. The van der Waals surface area contributed by atoms with Gasteiger partial charge in [-0.25, -0.2) is 0 Å². The largest absolute Gasteiger partial charge is 0.400 e. The van der Waals surface area contributed by atoms with E-state index in [9.17, 15) is 18.0 Å². The topological polar surface area (TPSA) is 40.9 Å². The number of alkyl halides is 3. The van der Waals surface area contributed by atoms with Crippen LogP contribution in [0, 0.1) is 16.7 Å². The molecular weight excluding hydrogens is 195 g/mol. The Hall–Kier alpha value is -1.05. The Labute approximate surface area is 81.7 Å². The molecule has 0 aliphatic carbocycles. The van der Waals surface area contributed by atoms with E-state index < -0.39 is 23.8 Å². The van der Waals surface area contributed by atoms with Crippen molar-refractivity contribution in [3.8, 4) is 6.07 Å². The molecule has 14 heavy (non-hydrogen) atoms. The van der Waals surface area contributed by atoms with Crippen molar-refractivity contribution < 1.29 is 18.0 Å². The molecule has 0 N–H and O–H groups in total. The van der Waals surface area contributed by atoms with Crippen molar-refractivity contribution in [3.05, 3.63) is 0 Å². The van der Waals surface area contributed by atoms with Crippen LogP contribution in [0.25, 0.3) is 0 Å². The fraction of sp³-hybridized carbons (Fsp3) is 0.778. The summed E-state index contributed by atoms with van der Waals surface area (Å²) in [5.41, 5.74) is -2.41. The summed E-state index contributed by atoms with van der Waals surface area (Å²) in [6, 6.07) is 1.40. The second-order valence-electron chi connectivity index (χ2n) is 2.88. The third-order valence-electron chi connectivity index (χ3n) is 1.65. The Bertz CT molecular complexity index is 225. The molecule has 0 amide bonds. The first-order chi connectivity index (χ1) is 6.23. The van der Waals surface area contributed by atoms with Crippen molar-refractivity contribution in [2.45, 2.75) is 40.3 Å². The summed E-state index contributed by atoms with van der Waals surface area (Å²) in [6.45, 7) is 5.54. The van der Waals surface area contributed by atoms with Crippen molar-refractivity contribution in [2.24, 2.45) is 5.41 Å². The molecule has 0 saturated heterocycles. The van der Waals surface area contributed by atoms with Gasteiger partial charge in [-0.15, -0.1) is 0 Å². The molecule has 0 spiro atoms. The predicted octanol–water partition coefficient (Wildman–Crippen LogP) is 3.08. The van der Waals surface area contributed by atoms with Gasteiger partial charge >= 0.3 is 6.18 Å². The highest BCUT2D eigenvalue weighted by Gasteiger charge is 2.52. The van der Waals surface area contributed by atoms with Gasteiger partial charge in [-0.05, 0) is 13.8 Å². The number of hydrogen-bond acceptors (Lipinski definition) is 2. The Morgan fingerprint density at radius 2 is 1.64 bits per heavy atom. The van der Waals surface area contributed by atoms with Crippen molar-refractivity contribution >= 4 is 5.78 Å². The maximum Gasteiger partial charge on any atom is 0.400 e. The van der Waals surface area contributed by atoms with Crippen LogP contribution in [0.3, 0.4) is 0 Å². The van der Waals surface area contributed by atoms with Gasteiger partial charge in [0.15, 0.2) is 5.78 Å². The van der Waals surface area contributed by atoms with Gasteiger partial charge in [0.05, 0.1) is 12.5 Å².